The maximum atomic E-state index is 12.9. The third-order valence-corrected chi connectivity index (χ3v) is 6.67. The van der Waals surface area contributed by atoms with Crippen LogP contribution >= 0.6 is 23.2 Å². The number of amides is 1. The molecule has 3 rings (SSSR count). The fourth-order valence-corrected chi connectivity index (χ4v) is 4.52. The second kappa shape index (κ2) is 4.68. The van der Waals surface area contributed by atoms with Crippen molar-refractivity contribution < 1.29 is 9.59 Å². The fraction of sp³-hybridized carbons (Fsp3) is 0.562. The Morgan fingerprint density at radius 1 is 1.27 bits per heavy atom. The Bertz CT molecular complexity index is 689. The lowest BCUT2D eigenvalue weighted by Crippen LogP contribution is -2.43. The van der Waals surface area contributed by atoms with Gasteiger partial charge in [0.1, 0.15) is 5.78 Å². The number of halogens is 2. The van der Waals surface area contributed by atoms with Crippen LogP contribution in [0.25, 0.3) is 0 Å². The zero-order valence-electron chi connectivity index (χ0n) is 12.8. The summed E-state index contributed by atoms with van der Waals surface area (Å²) >= 11 is 11.9. The van der Waals surface area contributed by atoms with E-state index in [1.165, 1.54) is 12.3 Å². The van der Waals surface area contributed by atoms with Gasteiger partial charge in [0.25, 0.3) is 0 Å². The normalized spacial score (nSPS) is 32.3. The van der Waals surface area contributed by atoms with Gasteiger partial charge in [-0.1, -0.05) is 44.0 Å². The molecule has 1 aromatic heterocycles. The molecule has 1 N–H and O–H groups in total. The second-order valence-electron chi connectivity index (χ2n) is 7.08. The van der Waals surface area contributed by atoms with E-state index in [9.17, 15) is 9.59 Å². The van der Waals surface area contributed by atoms with E-state index in [4.69, 9.17) is 23.2 Å². The van der Waals surface area contributed by atoms with Crippen molar-refractivity contribution >= 4 is 40.7 Å². The number of Topliss-reactive ketones (excluding diaryl/α,β-unsaturated/α-hetero) is 1. The van der Waals surface area contributed by atoms with Gasteiger partial charge in [-0.15, -0.1) is 0 Å². The lowest BCUT2D eigenvalue weighted by Gasteiger charge is -2.38. The minimum atomic E-state index is -0.691. The van der Waals surface area contributed by atoms with Crippen LogP contribution < -0.4 is 5.32 Å². The molecule has 6 heteroatoms. The van der Waals surface area contributed by atoms with Crippen molar-refractivity contribution in [1.82, 2.24) is 4.98 Å². The molecule has 2 aliphatic carbocycles. The molecule has 0 aromatic carbocycles. The van der Waals surface area contributed by atoms with Gasteiger partial charge in [-0.2, -0.15) is 0 Å². The quantitative estimate of drug-likeness (QED) is 0.881. The number of carbonyl (C=O) groups is 2. The third kappa shape index (κ3) is 1.80. The maximum absolute atomic E-state index is 12.9. The van der Waals surface area contributed by atoms with Crippen molar-refractivity contribution in [2.24, 2.45) is 16.2 Å². The molecule has 118 valence electrons. The zero-order valence-corrected chi connectivity index (χ0v) is 14.3. The minimum Gasteiger partial charge on any atom is -0.309 e. The van der Waals surface area contributed by atoms with Gasteiger partial charge in [-0.25, -0.2) is 4.98 Å². The number of nitrogens with zero attached hydrogens (tertiary/aromatic N) is 1. The molecule has 0 spiro atoms. The summed E-state index contributed by atoms with van der Waals surface area (Å²) in [5.74, 6) is 0.284. The molecule has 0 radical (unpaired) electrons. The predicted molar refractivity (Wildman–Crippen MR) is 86.1 cm³/mol. The number of anilines is 1. The molecule has 2 aliphatic rings. The van der Waals surface area contributed by atoms with Crippen molar-refractivity contribution in [1.29, 1.82) is 0 Å². The Labute approximate surface area is 139 Å². The molecule has 2 atom stereocenters. The minimum absolute atomic E-state index is 0.175. The molecule has 4 nitrogen and oxygen atoms in total. The molecule has 0 unspecified atom stereocenters. The summed E-state index contributed by atoms with van der Waals surface area (Å²) in [5.41, 5.74) is -1.51. The van der Waals surface area contributed by atoms with E-state index in [-0.39, 0.29) is 29.3 Å². The highest BCUT2D eigenvalue weighted by atomic mass is 35.5. The molecule has 0 saturated heterocycles. The van der Waals surface area contributed by atoms with Crippen LogP contribution in [-0.2, 0) is 9.59 Å². The lowest BCUT2D eigenvalue weighted by molar-refractivity contribution is -0.131. The van der Waals surface area contributed by atoms with Gasteiger partial charge in [0.05, 0.1) is 15.5 Å². The van der Waals surface area contributed by atoms with Crippen LogP contribution in [0.4, 0.5) is 5.82 Å². The van der Waals surface area contributed by atoms with Gasteiger partial charge < -0.3 is 5.32 Å². The van der Waals surface area contributed by atoms with Crippen molar-refractivity contribution in [3.8, 4) is 0 Å². The number of pyridine rings is 1. The SMILES string of the molecule is CC1(C)[C@@]2(C(=O)Nc3ncc(Cl)cc3Cl)CC[C@@]1(C)C(=O)C2. The lowest BCUT2D eigenvalue weighted by atomic mass is 9.64. The molecular weight excluding hydrogens is 323 g/mol. The average Bonchev–Trinajstić information content (AvgIpc) is 2.72. The first kappa shape index (κ1) is 15.8. The van der Waals surface area contributed by atoms with Crippen LogP contribution in [-0.4, -0.2) is 16.7 Å². The monoisotopic (exact) mass is 340 g/mol. The van der Waals surface area contributed by atoms with E-state index >= 15 is 0 Å². The Kier molecular flexibility index (Phi) is 3.35. The summed E-state index contributed by atoms with van der Waals surface area (Å²) in [7, 11) is 0. The van der Waals surface area contributed by atoms with E-state index in [1.54, 1.807) is 0 Å². The smallest absolute Gasteiger partial charge is 0.232 e. The van der Waals surface area contributed by atoms with Crippen molar-refractivity contribution in [2.75, 3.05) is 5.32 Å². The third-order valence-electron chi connectivity index (χ3n) is 6.18. The standard InChI is InChI=1S/C16H18Cl2N2O2/c1-14(2)15(3)4-5-16(14,7-11(15)21)13(22)20-12-10(18)6-9(17)8-19-12/h6,8H,4-5,7H2,1-3H3,(H,19,20,22)/t15-,16-/m0/s1. The van der Waals surface area contributed by atoms with Crippen LogP contribution in [0.15, 0.2) is 12.3 Å². The number of hydrogen-bond donors (Lipinski definition) is 1. The fourth-order valence-electron chi connectivity index (χ4n) is 4.09. The van der Waals surface area contributed by atoms with Crippen molar-refractivity contribution in [3.63, 3.8) is 0 Å². The number of aromatic nitrogens is 1. The Balaban J connectivity index is 1.94. The molecule has 1 amide bonds. The molecule has 2 fully saturated rings. The molecule has 2 saturated carbocycles. The van der Waals surface area contributed by atoms with Crippen LogP contribution in [0.5, 0.6) is 0 Å². The van der Waals surface area contributed by atoms with Crippen LogP contribution in [0.3, 0.4) is 0 Å². The Morgan fingerprint density at radius 3 is 2.45 bits per heavy atom. The number of rotatable bonds is 2. The maximum Gasteiger partial charge on any atom is 0.232 e. The zero-order chi connectivity index (χ0) is 16.3. The van der Waals surface area contributed by atoms with Gasteiger partial charge >= 0.3 is 0 Å². The Morgan fingerprint density at radius 2 is 1.95 bits per heavy atom. The number of ketones is 1. The van der Waals surface area contributed by atoms with Crippen LogP contribution in [0.2, 0.25) is 10.0 Å². The van der Waals surface area contributed by atoms with E-state index < -0.39 is 10.8 Å². The largest absolute Gasteiger partial charge is 0.309 e. The molecule has 1 heterocycles. The molecular formula is C16H18Cl2N2O2. The van der Waals surface area contributed by atoms with Crippen molar-refractivity contribution in [2.45, 2.75) is 40.0 Å². The molecule has 0 aliphatic heterocycles. The predicted octanol–water partition coefficient (Wildman–Crippen LogP) is 4.11. The van der Waals surface area contributed by atoms with E-state index in [0.29, 0.717) is 16.5 Å². The summed E-state index contributed by atoms with van der Waals surface area (Å²) in [5, 5.41) is 3.50. The van der Waals surface area contributed by atoms with Gasteiger partial charge in [-0.05, 0) is 24.3 Å². The van der Waals surface area contributed by atoms with E-state index in [0.717, 1.165) is 6.42 Å². The molecule has 2 bridgehead atoms. The van der Waals surface area contributed by atoms with Gasteiger partial charge in [-0.3, -0.25) is 9.59 Å². The Hall–Kier alpha value is -1.13. The van der Waals surface area contributed by atoms with Crippen LogP contribution in [0.1, 0.15) is 40.0 Å². The summed E-state index contributed by atoms with van der Waals surface area (Å²) in [6, 6.07) is 1.53. The van der Waals surface area contributed by atoms with Crippen LogP contribution in [0, 0.1) is 16.2 Å². The highest BCUT2D eigenvalue weighted by molar-refractivity contribution is 6.36. The van der Waals surface area contributed by atoms with E-state index in [1.807, 2.05) is 20.8 Å². The summed E-state index contributed by atoms with van der Waals surface area (Å²) in [6.45, 7) is 6.01. The van der Waals surface area contributed by atoms with Gasteiger partial charge in [0.15, 0.2) is 5.82 Å². The average molecular weight is 341 g/mol. The molecule has 1 aromatic rings. The topological polar surface area (TPSA) is 59.1 Å². The first-order chi connectivity index (χ1) is 10.1. The second-order valence-corrected chi connectivity index (χ2v) is 7.92. The first-order valence-electron chi connectivity index (χ1n) is 7.30. The summed E-state index contributed by atoms with van der Waals surface area (Å²) < 4.78 is 0. The van der Waals surface area contributed by atoms with Crippen molar-refractivity contribution in [3.05, 3.63) is 22.3 Å². The number of hydrogen-bond acceptors (Lipinski definition) is 3. The highest BCUT2D eigenvalue weighted by Crippen LogP contribution is 2.70. The van der Waals surface area contributed by atoms with Gasteiger partial charge in [0.2, 0.25) is 5.91 Å². The number of fused-ring (bicyclic) bond motifs is 2. The number of carbonyl (C=O) groups excluding carboxylic acids is 2. The first-order valence-corrected chi connectivity index (χ1v) is 8.05. The highest BCUT2D eigenvalue weighted by Gasteiger charge is 2.72. The molecule has 22 heavy (non-hydrogen) atoms. The van der Waals surface area contributed by atoms with E-state index in [2.05, 4.69) is 10.3 Å². The van der Waals surface area contributed by atoms with Gasteiger partial charge in [0, 0.05) is 18.0 Å². The number of nitrogens with one attached hydrogen (secondary N) is 1. The summed E-state index contributed by atoms with van der Waals surface area (Å²) in [6.07, 6.45) is 3.17. The summed E-state index contributed by atoms with van der Waals surface area (Å²) in [4.78, 5) is 29.4.